The van der Waals surface area contributed by atoms with Crippen LogP contribution in [0.4, 0.5) is 0 Å². The van der Waals surface area contributed by atoms with Gasteiger partial charge in [0.2, 0.25) is 0 Å². The van der Waals surface area contributed by atoms with Gasteiger partial charge in [0.1, 0.15) is 50.4 Å². The Labute approximate surface area is 393 Å². The minimum absolute atomic E-state index is 0.187. The lowest BCUT2D eigenvalue weighted by molar-refractivity contribution is 0.670. The zero-order valence-corrected chi connectivity index (χ0v) is 36.2. The van der Waals surface area contributed by atoms with E-state index >= 15 is 0 Å². The van der Waals surface area contributed by atoms with Crippen LogP contribution in [0.2, 0.25) is 0 Å². The Morgan fingerprint density at radius 2 is 0.836 bits per heavy atom. The Morgan fingerprint density at radius 1 is 0.328 bits per heavy atom. The maximum Gasteiger partial charge on any atom is 0.143 e. The van der Waals surface area contributed by atoms with E-state index in [2.05, 4.69) is 180 Å². The molecule has 0 unspecified atom stereocenters. The van der Waals surface area contributed by atoms with Gasteiger partial charge >= 0.3 is 0 Å². The topological polar surface area (TPSA) is 18.1 Å². The number of nitrogens with zero attached hydrogens (tertiary/aromatic N) is 1. The van der Waals surface area contributed by atoms with Gasteiger partial charge in [-0.25, -0.2) is 0 Å². The van der Waals surface area contributed by atoms with Gasteiger partial charge in [-0.2, -0.15) is 0 Å². The summed E-state index contributed by atoms with van der Waals surface area (Å²) in [5.74, 6) is 0. The second-order valence-electron chi connectivity index (χ2n) is 17.4. The fraction of sp³-hybridized carbons (Fsp3) is 0. The predicted molar refractivity (Wildman–Crippen MR) is 289 cm³/mol. The van der Waals surface area contributed by atoms with E-state index in [9.17, 15) is 0 Å². The van der Waals surface area contributed by atoms with Crippen molar-refractivity contribution >= 4 is 143 Å². The number of fused-ring (bicyclic) bond motifs is 9. The minimum atomic E-state index is 0.187. The Hall–Kier alpha value is -7.88. The monoisotopic (exact) mass is 837 g/mol. The van der Waals surface area contributed by atoms with Crippen molar-refractivity contribution in [3.63, 3.8) is 0 Å². The minimum Gasteiger partial charge on any atom is -0.455 e. The maximum atomic E-state index is 7.03. The molecule has 67 heavy (non-hydrogen) atoms. The number of benzene rings is 11. The molecule has 0 spiro atoms. The van der Waals surface area contributed by atoms with Crippen LogP contribution in [0.25, 0.3) is 126 Å². The maximum absolute atomic E-state index is 7.03. The summed E-state index contributed by atoms with van der Waals surface area (Å²) in [6, 6.07) is 68.9. The van der Waals surface area contributed by atoms with Crippen molar-refractivity contribution in [1.82, 2.24) is 4.57 Å². The van der Waals surface area contributed by atoms with Crippen LogP contribution in [-0.2, 0) is 0 Å². The van der Waals surface area contributed by atoms with Crippen LogP contribution < -0.4 is 27.3 Å². The van der Waals surface area contributed by atoms with Gasteiger partial charge in [0.05, 0.1) is 11.0 Å². The van der Waals surface area contributed by atoms with Crippen LogP contribution in [0.5, 0.6) is 0 Å². The average molecular weight is 837 g/mol. The molecule has 7 heteroatoms. The van der Waals surface area contributed by atoms with Gasteiger partial charge < -0.3 is 8.98 Å². The Bertz CT molecular complexity index is 4090. The second kappa shape index (κ2) is 15.1. The quantitative estimate of drug-likeness (QED) is 0.125. The van der Waals surface area contributed by atoms with Gasteiger partial charge in [-0.3, -0.25) is 0 Å². The highest BCUT2D eigenvalue weighted by Crippen LogP contribution is 2.48. The first kappa shape index (κ1) is 39.5. The molecular weight excluding hydrogens is 805 g/mol. The average Bonchev–Trinajstić information content (AvgIpc) is 3.93. The lowest BCUT2D eigenvalue weighted by atomic mass is 9.59. The van der Waals surface area contributed by atoms with Crippen molar-refractivity contribution in [3.05, 3.63) is 194 Å². The molecule has 13 rings (SSSR count). The molecule has 2 heterocycles. The molecular formula is C60H32B5NO. The first-order valence-corrected chi connectivity index (χ1v) is 22.4. The number of para-hydroxylation sites is 2. The summed E-state index contributed by atoms with van der Waals surface area (Å²) in [5, 5.41) is 10.7. The molecule has 0 saturated heterocycles. The lowest BCUT2D eigenvalue weighted by Crippen LogP contribution is -2.55. The fourth-order valence-corrected chi connectivity index (χ4v) is 10.8. The molecule has 0 bridgehead atoms. The Morgan fingerprint density at radius 3 is 1.46 bits per heavy atom. The molecule has 298 valence electrons. The highest BCUT2D eigenvalue weighted by atomic mass is 16.3. The molecule has 2 nitrogen and oxygen atoms in total. The smallest absolute Gasteiger partial charge is 0.143 e. The van der Waals surface area contributed by atoms with E-state index in [0.29, 0.717) is 16.5 Å². The molecule has 0 saturated carbocycles. The largest absolute Gasteiger partial charge is 0.455 e. The highest BCUT2D eigenvalue weighted by Gasteiger charge is 2.24. The molecule has 0 aliphatic rings. The number of hydrogen-bond acceptors (Lipinski definition) is 1. The summed E-state index contributed by atoms with van der Waals surface area (Å²) in [6.45, 7) is 0. The van der Waals surface area contributed by atoms with Gasteiger partial charge in [0, 0.05) is 32.8 Å². The predicted octanol–water partition coefficient (Wildman–Crippen LogP) is 10.8. The summed E-state index contributed by atoms with van der Waals surface area (Å²) in [4.78, 5) is 0. The molecule has 0 atom stereocenters. The molecule has 0 aliphatic carbocycles. The van der Waals surface area contributed by atoms with Crippen LogP contribution in [-0.4, -0.2) is 43.8 Å². The van der Waals surface area contributed by atoms with Gasteiger partial charge in [0.25, 0.3) is 0 Å². The molecule has 0 fully saturated rings. The third-order valence-corrected chi connectivity index (χ3v) is 13.8. The van der Waals surface area contributed by atoms with Gasteiger partial charge in [-0.1, -0.05) is 157 Å². The molecule has 0 N–H and O–H groups in total. The first-order chi connectivity index (χ1) is 32.9. The highest BCUT2D eigenvalue weighted by molar-refractivity contribution is 6.69. The standard InChI is InChI=1S/C60H32B5NO/c61-55-54(56(62)58(64)59(65)57(55)63)52-43-22-8-6-20-41(43)51(42-21-7-9-23-44(42)52)35-30-34-16-4-5-17-37(34)46(31-35)45-28-27-38(33-14-2-1-3-15-33)60-53(45)47-32-36(26-29-50(47)67-60)66-48-24-12-10-18-39(48)40-19-11-13-25-49(40)66/h1-32H. The third kappa shape index (κ3) is 5.84. The normalized spacial score (nSPS) is 11.9. The van der Waals surface area contributed by atoms with Crippen LogP contribution in [0, 0.1) is 0 Å². The van der Waals surface area contributed by atoms with E-state index in [0.717, 1.165) is 110 Å². The number of aromatic nitrogens is 1. The molecule has 10 radical (unpaired) electrons. The third-order valence-electron chi connectivity index (χ3n) is 13.8. The van der Waals surface area contributed by atoms with Crippen molar-refractivity contribution in [2.24, 2.45) is 0 Å². The van der Waals surface area contributed by atoms with Crippen molar-refractivity contribution < 1.29 is 4.42 Å². The summed E-state index contributed by atoms with van der Waals surface area (Å²) in [7, 11) is 33.0. The van der Waals surface area contributed by atoms with E-state index in [1.54, 1.807) is 0 Å². The summed E-state index contributed by atoms with van der Waals surface area (Å²) >= 11 is 0. The van der Waals surface area contributed by atoms with Crippen LogP contribution in [0.1, 0.15) is 0 Å². The van der Waals surface area contributed by atoms with Gasteiger partial charge in [-0.15, -0.1) is 16.4 Å². The number of furan rings is 1. The first-order valence-electron chi connectivity index (χ1n) is 22.4. The second-order valence-corrected chi connectivity index (χ2v) is 17.4. The zero-order chi connectivity index (χ0) is 45.1. The number of rotatable bonds is 5. The lowest BCUT2D eigenvalue weighted by Gasteiger charge is -2.25. The van der Waals surface area contributed by atoms with Gasteiger partial charge in [0.15, 0.2) is 0 Å². The SMILES string of the molecule is [B]c1c([B])c([B])c(-c2c3ccccc3c(-c3cc(-c4ccc(-c5ccccc5)c5oc6ccc(-n7c8ccccc8c8ccccc87)cc6c45)c4ccccc4c3)c3ccccc23)c([B])c1[B]. The molecule has 0 aliphatic heterocycles. The van der Waals surface area contributed by atoms with E-state index in [-0.39, 0.29) is 16.4 Å². The van der Waals surface area contributed by atoms with E-state index in [1.165, 1.54) is 10.8 Å². The van der Waals surface area contributed by atoms with E-state index in [4.69, 9.17) is 43.6 Å². The van der Waals surface area contributed by atoms with Crippen molar-refractivity contribution in [3.8, 4) is 50.2 Å². The van der Waals surface area contributed by atoms with Crippen LogP contribution >= 0.6 is 0 Å². The molecule has 13 aromatic rings. The molecule has 11 aromatic carbocycles. The van der Waals surface area contributed by atoms with Crippen LogP contribution in [0.3, 0.4) is 0 Å². The summed E-state index contributed by atoms with van der Waals surface area (Å²) < 4.78 is 9.40. The summed E-state index contributed by atoms with van der Waals surface area (Å²) in [5.41, 5.74) is 14.1. The Kier molecular flexibility index (Phi) is 8.89. The van der Waals surface area contributed by atoms with Crippen LogP contribution in [0.15, 0.2) is 199 Å². The zero-order valence-electron chi connectivity index (χ0n) is 36.2. The van der Waals surface area contributed by atoms with Gasteiger partial charge in [-0.05, 0) is 120 Å². The fourth-order valence-electron chi connectivity index (χ4n) is 10.8. The molecule has 2 aromatic heterocycles. The van der Waals surface area contributed by atoms with E-state index in [1.807, 2.05) is 18.2 Å². The summed E-state index contributed by atoms with van der Waals surface area (Å²) in [6.07, 6.45) is 0. The van der Waals surface area contributed by atoms with Crippen molar-refractivity contribution in [1.29, 1.82) is 0 Å². The van der Waals surface area contributed by atoms with E-state index < -0.39 is 0 Å². The Balaban J connectivity index is 1.12. The number of hydrogen-bond donors (Lipinski definition) is 0. The molecule has 0 amide bonds. The van der Waals surface area contributed by atoms with Crippen molar-refractivity contribution in [2.75, 3.05) is 0 Å². The van der Waals surface area contributed by atoms with Crippen molar-refractivity contribution in [2.45, 2.75) is 0 Å².